The Balaban J connectivity index is 1.54. The van der Waals surface area contributed by atoms with E-state index in [9.17, 15) is 13.2 Å². The van der Waals surface area contributed by atoms with Gasteiger partial charge in [-0.15, -0.1) is 11.3 Å². The average molecular weight is 449 g/mol. The molecule has 1 unspecified atom stereocenters. The first-order valence-electron chi connectivity index (χ1n) is 9.25. The van der Waals surface area contributed by atoms with Gasteiger partial charge in [-0.3, -0.25) is 9.10 Å². The van der Waals surface area contributed by atoms with E-state index in [1.807, 2.05) is 24.4 Å². The van der Waals surface area contributed by atoms with Gasteiger partial charge in [-0.2, -0.15) is 4.98 Å². The maximum Gasteiger partial charge on any atom is 0.266 e. The molecule has 1 atom stereocenters. The van der Waals surface area contributed by atoms with E-state index < -0.39 is 16.1 Å². The number of likely N-dealkylation sites (N-methyl/N-ethyl adjacent to an activating group) is 1. The summed E-state index contributed by atoms with van der Waals surface area (Å²) in [5, 5.41) is 5.88. The highest BCUT2D eigenvalue weighted by Crippen LogP contribution is 2.35. The average Bonchev–Trinajstić information content (AvgIpc) is 3.41. The zero-order valence-corrected chi connectivity index (χ0v) is 18.0. The molecular formula is C19H20N4O5S2. The highest BCUT2D eigenvalue weighted by atomic mass is 32.2. The third-order valence-electron chi connectivity index (χ3n) is 4.64. The van der Waals surface area contributed by atoms with E-state index in [1.165, 1.54) is 20.5 Å². The van der Waals surface area contributed by atoms with Crippen LogP contribution in [0.1, 0.15) is 12.8 Å². The van der Waals surface area contributed by atoms with Crippen molar-refractivity contribution in [2.45, 2.75) is 19.6 Å². The van der Waals surface area contributed by atoms with Crippen LogP contribution in [0.4, 0.5) is 5.69 Å². The Morgan fingerprint density at radius 3 is 2.80 bits per heavy atom. The lowest BCUT2D eigenvalue weighted by Gasteiger charge is -2.35. The van der Waals surface area contributed by atoms with E-state index >= 15 is 0 Å². The molecule has 0 spiro atoms. The Labute approximate surface area is 177 Å². The molecular weight excluding hydrogens is 428 g/mol. The predicted molar refractivity (Wildman–Crippen MR) is 112 cm³/mol. The smallest absolute Gasteiger partial charge is 0.266 e. The summed E-state index contributed by atoms with van der Waals surface area (Å²) in [7, 11) is -3.58. The van der Waals surface area contributed by atoms with Crippen molar-refractivity contribution in [3.63, 3.8) is 0 Å². The first kappa shape index (κ1) is 20.4. The van der Waals surface area contributed by atoms with E-state index in [2.05, 4.69) is 10.1 Å². The van der Waals surface area contributed by atoms with Crippen molar-refractivity contribution < 1.29 is 22.5 Å². The summed E-state index contributed by atoms with van der Waals surface area (Å²) in [6, 6.07) is 10.5. The zero-order chi connectivity index (χ0) is 21.3. The molecule has 1 aliphatic heterocycles. The fraction of sp³-hybridized carbons (Fsp3) is 0.316. The van der Waals surface area contributed by atoms with Gasteiger partial charge in [0.25, 0.3) is 5.91 Å². The van der Waals surface area contributed by atoms with Gasteiger partial charge in [0, 0.05) is 6.54 Å². The number of benzene rings is 1. The predicted octanol–water partition coefficient (Wildman–Crippen LogP) is 2.37. The van der Waals surface area contributed by atoms with Crippen molar-refractivity contribution in [1.82, 2.24) is 15.0 Å². The quantitative estimate of drug-likeness (QED) is 0.570. The second kappa shape index (κ2) is 8.07. The third-order valence-corrected chi connectivity index (χ3v) is 6.65. The summed E-state index contributed by atoms with van der Waals surface area (Å²) in [5.41, 5.74) is 0.421. The lowest BCUT2D eigenvalue weighted by atomic mass is 10.2. The molecule has 1 amide bonds. The van der Waals surface area contributed by atoms with Crippen LogP contribution in [0.2, 0.25) is 0 Å². The summed E-state index contributed by atoms with van der Waals surface area (Å²) in [5.74, 6) is 0.761. The van der Waals surface area contributed by atoms with Crippen molar-refractivity contribution in [3.05, 3.63) is 47.7 Å². The molecule has 4 rings (SSSR count). The van der Waals surface area contributed by atoms with Crippen LogP contribution in [-0.4, -0.2) is 54.8 Å². The lowest BCUT2D eigenvalue weighted by molar-refractivity contribution is -0.139. The molecule has 11 heteroatoms. The topological polar surface area (TPSA) is 106 Å². The molecule has 30 heavy (non-hydrogen) atoms. The number of nitrogens with zero attached hydrogens (tertiary/aromatic N) is 4. The minimum atomic E-state index is -3.58. The fourth-order valence-electron chi connectivity index (χ4n) is 3.18. The molecule has 0 bridgehead atoms. The summed E-state index contributed by atoms with van der Waals surface area (Å²) >= 11 is 1.49. The molecule has 0 saturated carbocycles. The number of fused-ring (bicyclic) bond motifs is 1. The van der Waals surface area contributed by atoms with Gasteiger partial charge in [-0.05, 0) is 30.5 Å². The van der Waals surface area contributed by atoms with E-state index in [1.54, 1.807) is 24.3 Å². The number of hydrogen-bond acceptors (Lipinski definition) is 8. The van der Waals surface area contributed by atoms with Crippen LogP contribution >= 0.6 is 11.3 Å². The first-order chi connectivity index (χ1) is 14.4. The number of aromatic nitrogens is 2. The second-order valence-corrected chi connectivity index (χ2v) is 9.56. The maximum absolute atomic E-state index is 13.1. The van der Waals surface area contributed by atoms with Gasteiger partial charge in [0.1, 0.15) is 12.3 Å². The van der Waals surface area contributed by atoms with Crippen LogP contribution in [0.3, 0.4) is 0 Å². The van der Waals surface area contributed by atoms with Crippen molar-refractivity contribution in [1.29, 1.82) is 0 Å². The summed E-state index contributed by atoms with van der Waals surface area (Å²) in [6.07, 6.45) is 0.132. The third kappa shape index (κ3) is 4.03. The summed E-state index contributed by atoms with van der Waals surface area (Å²) < 4.78 is 36.9. The second-order valence-electron chi connectivity index (χ2n) is 6.71. The van der Waals surface area contributed by atoms with E-state index in [0.29, 0.717) is 29.7 Å². The van der Waals surface area contributed by atoms with Crippen molar-refractivity contribution in [2.75, 3.05) is 23.7 Å². The molecule has 2 aromatic heterocycles. The van der Waals surface area contributed by atoms with Crippen molar-refractivity contribution in [3.8, 4) is 16.5 Å². The van der Waals surface area contributed by atoms with Crippen LogP contribution in [0.5, 0.6) is 5.75 Å². The van der Waals surface area contributed by atoms with Crippen LogP contribution in [-0.2, 0) is 21.4 Å². The number of rotatable bonds is 6. The van der Waals surface area contributed by atoms with Gasteiger partial charge in [0.2, 0.25) is 21.7 Å². The van der Waals surface area contributed by atoms with Crippen LogP contribution < -0.4 is 9.04 Å². The molecule has 0 saturated heterocycles. The number of carbonyl (C=O) groups is 1. The highest BCUT2D eigenvalue weighted by molar-refractivity contribution is 7.92. The number of amides is 1. The van der Waals surface area contributed by atoms with Gasteiger partial charge in [-0.25, -0.2) is 8.42 Å². The number of anilines is 1. The minimum absolute atomic E-state index is 0.102. The molecule has 158 valence electrons. The molecule has 3 heterocycles. The zero-order valence-electron chi connectivity index (χ0n) is 16.4. The largest absolute Gasteiger partial charge is 0.476 e. The number of ether oxygens (including phenoxy) is 1. The van der Waals surface area contributed by atoms with E-state index in [-0.39, 0.29) is 19.0 Å². The molecule has 3 aromatic rings. The van der Waals surface area contributed by atoms with Gasteiger partial charge >= 0.3 is 0 Å². The van der Waals surface area contributed by atoms with Gasteiger partial charge in [0.15, 0.2) is 6.10 Å². The monoisotopic (exact) mass is 448 g/mol. The van der Waals surface area contributed by atoms with Gasteiger partial charge < -0.3 is 14.2 Å². The SMILES string of the molecule is CCN(Cc1nc(-c2cccs2)no1)C(=O)C1CN(S(C)(=O)=O)c2ccccc2O1. The molecule has 1 aliphatic rings. The lowest BCUT2D eigenvalue weighted by Crippen LogP contribution is -2.51. The number of thiophene rings is 1. The Morgan fingerprint density at radius 1 is 1.30 bits per heavy atom. The van der Waals surface area contributed by atoms with E-state index in [0.717, 1.165) is 11.1 Å². The fourth-order valence-corrected chi connectivity index (χ4v) is 4.75. The van der Waals surface area contributed by atoms with Crippen LogP contribution in [0.25, 0.3) is 10.7 Å². The molecule has 9 nitrogen and oxygen atoms in total. The molecule has 0 fully saturated rings. The molecule has 0 N–H and O–H groups in total. The Bertz CT molecular complexity index is 1140. The van der Waals surface area contributed by atoms with Gasteiger partial charge in [-0.1, -0.05) is 23.4 Å². The first-order valence-corrected chi connectivity index (χ1v) is 12.0. The standard InChI is InChI=1S/C19H20N4O5S2/c1-3-22(12-17-20-18(21-28-17)16-9-6-10-29-16)19(24)15-11-23(30(2,25)26)13-7-4-5-8-14(13)27-15/h4-10,15H,3,11-12H2,1-2H3. The number of para-hydroxylation sites is 2. The van der Waals surface area contributed by atoms with Crippen molar-refractivity contribution >= 4 is 33.0 Å². The maximum atomic E-state index is 13.1. The molecule has 0 aliphatic carbocycles. The number of hydrogen-bond donors (Lipinski definition) is 0. The van der Waals surface area contributed by atoms with Crippen LogP contribution in [0, 0.1) is 0 Å². The normalized spacial score (nSPS) is 16.1. The number of sulfonamides is 1. The Hall–Kier alpha value is -2.92. The highest BCUT2D eigenvalue weighted by Gasteiger charge is 2.37. The van der Waals surface area contributed by atoms with Crippen molar-refractivity contribution in [2.24, 2.45) is 0 Å². The molecule has 1 aromatic carbocycles. The van der Waals surface area contributed by atoms with Crippen LogP contribution in [0.15, 0.2) is 46.3 Å². The molecule has 0 radical (unpaired) electrons. The Kier molecular flexibility index (Phi) is 5.48. The Morgan fingerprint density at radius 2 is 2.10 bits per heavy atom. The van der Waals surface area contributed by atoms with Gasteiger partial charge in [0.05, 0.1) is 23.4 Å². The minimum Gasteiger partial charge on any atom is -0.476 e. The van der Waals surface area contributed by atoms with E-state index in [4.69, 9.17) is 9.26 Å². The summed E-state index contributed by atoms with van der Waals surface area (Å²) in [6.45, 7) is 2.19. The number of carbonyl (C=O) groups excluding carboxylic acids is 1. The summed E-state index contributed by atoms with van der Waals surface area (Å²) in [4.78, 5) is 19.9.